The Hall–Kier alpha value is -2.61. The lowest BCUT2D eigenvalue weighted by molar-refractivity contribution is -0.519. The monoisotopic (exact) mass is 326 g/mol. The number of nitro groups is 2. The maximum absolute atomic E-state index is 13.8. The maximum atomic E-state index is 13.8. The Bertz CT molecular complexity index is 729. The molecule has 7 nitrogen and oxygen atoms in total. The molecular formula is C13H8ClFN2O5. The maximum Gasteiger partial charge on any atom is 0.283 e. The van der Waals surface area contributed by atoms with E-state index in [2.05, 4.69) is 0 Å². The minimum absolute atomic E-state index is 0.0341. The van der Waals surface area contributed by atoms with Gasteiger partial charge in [0.25, 0.3) is 16.9 Å². The fourth-order valence-corrected chi connectivity index (χ4v) is 2.12. The Labute approximate surface area is 128 Å². The van der Waals surface area contributed by atoms with Gasteiger partial charge in [-0.1, -0.05) is 29.8 Å². The number of carbonyl (C=O) groups is 1. The summed E-state index contributed by atoms with van der Waals surface area (Å²) >= 11 is 5.38. The molecule has 0 saturated carbocycles. The van der Waals surface area contributed by atoms with Gasteiger partial charge in [0.15, 0.2) is 5.78 Å². The highest BCUT2D eigenvalue weighted by Gasteiger charge is 2.45. The Morgan fingerprint density at radius 2 is 2.00 bits per heavy atom. The molecule has 0 saturated heterocycles. The number of Topliss-reactive ketones (excluding diaryl/α,β-unsaturated/α-hetero) is 1. The Morgan fingerprint density at radius 1 is 1.32 bits per heavy atom. The van der Waals surface area contributed by atoms with E-state index >= 15 is 0 Å². The fraction of sp³-hybridized carbons (Fsp3) is 0.154. The average molecular weight is 327 g/mol. The smallest absolute Gasteiger partial charge is 0.283 e. The number of allylic oxidation sites excluding steroid dienone is 2. The van der Waals surface area contributed by atoms with Crippen molar-refractivity contribution in [1.29, 1.82) is 0 Å². The van der Waals surface area contributed by atoms with Gasteiger partial charge < -0.3 is 0 Å². The molecule has 0 aliphatic heterocycles. The molecule has 114 valence electrons. The molecule has 0 amide bonds. The van der Waals surface area contributed by atoms with Gasteiger partial charge in [0.05, 0.1) is 4.92 Å². The summed E-state index contributed by atoms with van der Waals surface area (Å²) in [6, 6.07) is 2.95. The van der Waals surface area contributed by atoms with Crippen LogP contribution in [-0.4, -0.2) is 26.8 Å². The van der Waals surface area contributed by atoms with E-state index in [4.69, 9.17) is 11.6 Å². The number of non-ortho nitro benzene ring substituents is 1. The van der Waals surface area contributed by atoms with Crippen molar-refractivity contribution in [2.75, 3.05) is 0 Å². The summed E-state index contributed by atoms with van der Waals surface area (Å²) < 4.78 is 13.8. The Balaban J connectivity index is 2.38. The molecule has 0 fully saturated rings. The lowest BCUT2D eigenvalue weighted by Gasteiger charge is -2.20. The third-order valence-corrected chi connectivity index (χ3v) is 3.37. The number of nitro benzene ring substituents is 1. The van der Waals surface area contributed by atoms with Crippen molar-refractivity contribution in [2.24, 2.45) is 0 Å². The van der Waals surface area contributed by atoms with Gasteiger partial charge in [-0.15, -0.1) is 0 Å². The normalized spacial score (nSPS) is 23.7. The first kappa shape index (κ1) is 15.8. The summed E-state index contributed by atoms with van der Waals surface area (Å²) in [4.78, 5) is 32.1. The molecule has 2 unspecified atom stereocenters. The predicted molar refractivity (Wildman–Crippen MR) is 75.1 cm³/mol. The summed E-state index contributed by atoms with van der Waals surface area (Å²) in [5, 5.41) is 18.8. The van der Waals surface area contributed by atoms with Crippen LogP contribution in [0.4, 0.5) is 10.1 Å². The molecular weight excluding hydrogens is 319 g/mol. The van der Waals surface area contributed by atoms with E-state index in [0.717, 1.165) is 18.2 Å². The zero-order valence-corrected chi connectivity index (χ0v) is 11.6. The standard InChI is InChI=1S/C13H8ClFN2O5/c14-13(15)5-4-9(7-11(13)17(21)22)12(18)8-2-1-3-10(6-8)16(19)20/h1-7,11H. The van der Waals surface area contributed by atoms with E-state index in [1.165, 1.54) is 18.2 Å². The molecule has 22 heavy (non-hydrogen) atoms. The molecule has 0 bridgehead atoms. The van der Waals surface area contributed by atoms with Crippen molar-refractivity contribution in [3.63, 3.8) is 0 Å². The summed E-state index contributed by atoms with van der Waals surface area (Å²) in [5.41, 5.74) is -0.488. The van der Waals surface area contributed by atoms with E-state index in [0.29, 0.717) is 6.08 Å². The van der Waals surface area contributed by atoms with E-state index in [9.17, 15) is 29.4 Å². The van der Waals surface area contributed by atoms with Crippen molar-refractivity contribution in [1.82, 2.24) is 0 Å². The number of hydrogen-bond acceptors (Lipinski definition) is 5. The van der Waals surface area contributed by atoms with Crippen molar-refractivity contribution in [3.8, 4) is 0 Å². The highest BCUT2D eigenvalue weighted by atomic mass is 35.5. The van der Waals surface area contributed by atoms with Crippen LogP contribution in [-0.2, 0) is 0 Å². The quantitative estimate of drug-likeness (QED) is 0.366. The van der Waals surface area contributed by atoms with Gasteiger partial charge >= 0.3 is 0 Å². The van der Waals surface area contributed by atoms with Gasteiger partial charge in [0.1, 0.15) is 0 Å². The van der Waals surface area contributed by atoms with Crippen LogP contribution >= 0.6 is 11.6 Å². The minimum Gasteiger partial charge on any atom is -0.289 e. The minimum atomic E-state index is -2.73. The van der Waals surface area contributed by atoms with E-state index in [1.54, 1.807) is 0 Å². The molecule has 0 heterocycles. The number of benzene rings is 1. The summed E-state index contributed by atoms with van der Waals surface area (Å²) in [5.74, 6) is -0.695. The van der Waals surface area contributed by atoms with Gasteiger partial charge in [-0.2, -0.15) is 0 Å². The van der Waals surface area contributed by atoms with E-state index in [-0.39, 0.29) is 16.8 Å². The molecule has 2 rings (SSSR count). The number of alkyl halides is 2. The molecule has 1 aliphatic carbocycles. The first-order valence-electron chi connectivity index (χ1n) is 5.94. The van der Waals surface area contributed by atoms with Crippen molar-refractivity contribution in [3.05, 3.63) is 73.9 Å². The van der Waals surface area contributed by atoms with E-state index < -0.39 is 26.8 Å². The second kappa shape index (κ2) is 5.64. The number of ketones is 1. The predicted octanol–water partition coefficient (Wildman–Crippen LogP) is 2.82. The van der Waals surface area contributed by atoms with Crippen LogP contribution < -0.4 is 0 Å². The number of hydrogen-bond donors (Lipinski definition) is 0. The number of halogens is 2. The van der Waals surface area contributed by atoms with Crippen LogP contribution in [0.15, 0.2) is 48.1 Å². The van der Waals surface area contributed by atoms with Crippen LogP contribution in [0.5, 0.6) is 0 Å². The Kier molecular flexibility index (Phi) is 4.05. The molecule has 0 radical (unpaired) electrons. The lowest BCUT2D eigenvalue weighted by atomic mass is 9.94. The second-order valence-electron chi connectivity index (χ2n) is 4.50. The molecule has 0 aromatic heterocycles. The van der Waals surface area contributed by atoms with Crippen LogP contribution in [0.3, 0.4) is 0 Å². The first-order chi connectivity index (χ1) is 10.2. The van der Waals surface area contributed by atoms with Gasteiger partial charge in [-0.05, 0) is 6.08 Å². The highest BCUT2D eigenvalue weighted by molar-refractivity contribution is 6.25. The van der Waals surface area contributed by atoms with Crippen LogP contribution in [0, 0.1) is 20.2 Å². The SMILES string of the molecule is O=C(C1=CC([N+](=O)[O-])C(F)(Cl)C=C1)c1cccc([N+](=O)[O-])c1. The summed E-state index contributed by atoms with van der Waals surface area (Å²) in [6.07, 6.45) is 2.54. The second-order valence-corrected chi connectivity index (χ2v) is 5.08. The average Bonchev–Trinajstić information content (AvgIpc) is 2.46. The molecule has 0 N–H and O–H groups in total. The van der Waals surface area contributed by atoms with Gasteiger partial charge in [-0.3, -0.25) is 25.0 Å². The number of nitrogens with zero attached hydrogens (tertiary/aromatic N) is 2. The van der Waals surface area contributed by atoms with Crippen LogP contribution in [0.25, 0.3) is 0 Å². The fourth-order valence-electron chi connectivity index (χ4n) is 1.92. The Morgan fingerprint density at radius 3 is 2.59 bits per heavy atom. The van der Waals surface area contributed by atoms with Crippen LogP contribution in [0.2, 0.25) is 0 Å². The third-order valence-electron chi connectivity index (χ3n) is 3.03. The molecule has 1 aliphatic rings. The third kappa shape index (κ3) is 3.01. The van der Waals surface area contributed by atoms with Gasteiger partial charge in [0, 0.05) is 34.3 Å². The largest absolute Gasteiger partial charge is 0.289 e. The number of rotatable bonds is 4. The first-order valence-corrected chi connectivity index (χ1v) is 6.31. The highest BCUT2D eigenvalue weighted by Crippen LogP contribution is 2.32. The molecule has 9 heteroatoms. The van der Waals surface area contributed by atoms with E-state index in [1.807, 2.05) is 0 Å². The van der Waals surface area contributed by atoms with Gasteiger partial charge in [-0.25, -0.2) is 4.39 Å². The zero-order chi connectivity index (χ0) is 16.5. The summed E-state index contributed by atoms with van der Waals surface area (Å²) in [7, 11) is 0. The van der Waals surface area contributed by atoms with Crippen molar-refractivity contribution >= 4 is 23.1 Å². The molecule has 0 spiro atoms. The molecule has 1 aromatic rings. The summed E-state index contributed by atoms with van der Waals surface area (Å²) in [6.45, 7) is 0. The number of carbonyl (C=O) groups excluding carboxylic acids is 1. The van der Waals surface area contributed by atoms with Gasteiger partial charge in [0.2, 0.25) is 0 Å². The van der Waals surface area contributed by atoms with Crippen molar-refractivity contribution < 1.29 is 19.0 Å². The van der Waals surface area contributed by atoms with Crippen LogP contribution in [0.1, 0.15) is 10.4 Å². The molecule has 1 aromatic carbocycles. The molecule has 2 atom stereocenters. The topological polar surface area (TPSA) is 103 Å². The van der Waals surface area contributed by atoms with Crippen molar-refractivity contribution in [2.45, 2.75) is 11.2 Å². The zero-order valence-electron chi connectivity index (χ0n) is 10.8. The lowest BCUT2D eigenvalue weighted by Crippen LogP contribution is -2.38.